The molecule has 0 unspecified atom stereocenters. The van der Waals surface area contributed by atoms with Gasteiger partial charge in [-0.1, -0.05) is 50.1 Å². The van der Waals surface area contributed by atoms with Crippen LogP contribution in [-0.2, 0) is 14.3 Å². The second-order valence-corrected chi connectivity index (χ2v) is 4.29. The fraction of sp³-hybridized carbons (Fsp3) is 0.500. The van der Waals surface area contributed by atoms with Crippen molar-refractivity contribution in [2.45, 2.75) is 45.0 Å². The molecule has 0 saturated carbocycles. The molecule has 92 valence electrons. The second-order valence-electron chi connectivity index (χ2n) is 4.29. The molecule has 1 aromatic carbocycles. The van der Waals surface area contributed by atoms with Gasteiger partial charge in [0.05, 0.1) is 0 Å². The lowest BCUT2D eigenvalue weighted by atomic mass is 10.1. The number of hydrogen-bond acceptors (Lipinski definition) is 3. The molecule has 2 atom stereocenters. The predicted octanol–water partition coefficient (Wildman–Crippen LogP) is 3.21. The van der Waals surface area contributed by atoms with Gasteiger partial charge < -0.3 is 9.47 Å². The first-order valence-electron chi connectivity index (χ1n) is 6.22. The van der Waals surface area contributed by atoms with Gasteiger partial charge in [-0.3, -0.25) is 0 Å². The zero-order valence-electron chi connectivity index (χ0n) is 10.1. The number of benzene rings is 1. The van der Waals surface area contributed by atoms with Crippen molar-refractivity contribution in [2.75, 3.05) is 0 Å². The van der Waals surface area contributed by atoms with Crippen LogP contribution >= 0.6 is 0 Å². The molecule has 1 aromatic rings. The Morgan fingerprint density at radius 2 is 1.94 bits per heavy atom. The van der Waals surface area contributed by atoms with E-state index in [1.165, 1.54) is 0 Å². The van der Waals surface area contributed by atoms with Crippen LogP contribution in [0.4, 0.5) is 0 Å². The topological polar surface area (TPSA) is 35.5 Å². The lowest BCUT2D eigenvalue weighted by molar-refractivity contribution is -0.144. The Morgan fingerprint density at radius 1 is 1.18 bits per heavy atom. The maximum Gasteiger partial charge on any atom is 0.342 e. The van der Waals surface area contributed by atoms with Gasteiger partial charge in [0.1, 0.15) is 0 Å². The molecule has 0 amide bonds. The van der Waals surface area contributed by atoms with Crippen molar-refractivity contribution in [1.82, 2.24) is 0 Å². The monoisotopic (exact) mass is 234 g/mol. The molecule has 1 aliphatic rings. The number of unbranched alkanes of at least 4 members (excludes halogenated alkanes) is 2. The van der Waals surface area contributed by atoms with Crippen LogP contribution in [0.2, 0.25) is 0 Å². The van der Waals surface area contributed by atoms with Crippen molar-refractivity contribution in [1.29, 1.82) is 0 Å². The number of esters is 1. The highest BCUT2D eigenvalue weighted by atomic mass is 16.7. The Labute approximate surface area is 102 Å². The Kier molecular flexibility index (Phi) is 4.15. The largest absolute Gasteiger partial charge is 0.434 e. The summed E-state index contributed by atoms with van der Waals surface area (Å²) in [6.45, 7) is 2.15. The number of carbonyl (C=O) groups is 1. The molecule has 0 bridgehead atoms. The smallest absolute Gasteiger partial charge is 0.342 e. The number of carbonyl (C=O) groups excluding carboxylic acids is 1. The van der Waals surface area contributed by atoms with Gasteiger partial charge in [-0.05, 0) is 12.0 Å². The summed E-state index contributed by atoms with van der Waals surface area (Å²) in [5, 5.41) is 0. The first kappa shape index (κ1) is 12.1. The quantitative estimate of drug-likeness (QED) is 0.579. The maximum absolute atomic E-state index is 11.7. The third kappa shape index (κ3) is 3.07. The van der Waals surface area contributed by atoms with E-state index in [4.69, 9.17) is 9.47 Å². The van der Waals surface area contributed by atoms with E-state index in [1.54, 1.807) is 0 Å². The zero-order chi connectivity index (χ0) is 12.1. The minimum atomic E-state index is -0.539. The highest BCUT2D eigenvalue weighted by Crippen LogP contribution is 2.29. The summed E-state index contributed by atoms with van der Waals surface area (Å²) in [5.41, 5.74) is 0.871. The summed E-state index contributed by atoms with van der Waals surface area (Å²) in [5.74, 6) is -0.266. The van der Waals surface area contributed by atoms with E-state index in [1.807, 2.05) is 30.3 Å². The van der Waals surface area contributed by atoms with Gasteiger partial charge in [-0.2, -0.15) is 0 Å². The van der Waals surface area contributed by atoms with Gasteiger partial charge >= 0.3 is 5.97 Å². The third-order valence-electron chi connectivity index (χ3n) is 2.90. The summed E-state index contributed by atoms with van der Waals surface area (Å²) in [4.78, 5) is 11.7. The van der Waals surface area contributed by atoms with E-state index in [-0.39, 0.29) is 12.3 Å². The van der Waals surface area contributed by atoms with Crippen molar-refractivity contribution in [3.8, 4) is 0 Å². The molecule has 1 fully saturated rings. The van der Waals surface area contributed by atoms with Gasteiger partial charge in [-0.15, -0.1) is 0 Å². The molecule has 1 heterocycles. The molecule has 0 spiro atoms. The standard InChI is InChI=1S/C14H18O3/c1-2-3-5-10-12-16-13(14(15)17-12)11-8-6-4-7-9-11/h4,6-9,12-13H,2-3,5,10H2,1H3/t12-,13+/m0/s1. The van der Waals surface area contributed by atoms with E-state index in [0.29, 0.717) is 0 Å². The average Bonchev–Trinajstić information content (AvgIpc) is 2.72. The molecular formula is C14H18O3. The number of cyclic esters (lactones) is 1. The summed E-state index contributed by atoms with van der Waals surface area (Å²) in [6.07, 6.45) is 3.23. The molecule has 17 heavy (non-hydrogen) atoms. The van der Waals surface area contributed by atoms with Crippen LogP contribution in [0.15, 0.2) is 30.3 Å². The van der Waals surface area contributed by atoms with E-state index in [9.17, 15) is 4.79 Å². The van der Waals surface area contributed by atoms with E-state index >= 15 is 0 Å². The molecular weight excluding hydrogens is 216 g/mol. The van der Waals surface area contributed by atoms with Crippen molar-refractivity contribution in [2.24, 2.45) is 0 Å². The number of rotatable bonds is 5. The maximum atomic E-state index is 11.7. The minimum Gasteiger partial charge on any atom is -0.434 e. The Morgan fingerprint density at radius 3 is 2.65 bits per heavy atom. The van der Waals surface area contributed by atoms with E-state index < -0.39 is 6.10 Å². The predicted molar refractivity (Wildman–Crippen MR) is 64.3 cm³/mol. The molecule has 3 nitrogen and oxygen atoms in total. The fourth-order valence-electron chi connectivity index (χ4n) is 1.96. The summed E-state index contributed by atoms with van der Waals surface area (Å²) >= 11 is 0. The molecule has 3 heteroatoms. The third-order valence-corrected chi connectivity index (χ3v) is 2.90. The highest BCUT2D eigenvalue weighted by molar-refractivity contribution is 5.77. The van der Waals surface area contributed by atoms with Crippen LogP contribution in [0, 0.1) is 0 Å². The van der Waals surface area contributed by atoms with Gasteiger partial charge in [0.2, 0.25) is 6.29 Å². The highest BCUT2D eigenvalue weighted by Gasteiger charge is 2.35. The number of ether oxygens (including phenoxy) is 2. The Balaban J connectivity index is 1.92. The van der Waals surface area contributed by atoms with Gasteiger partial charge in [0.25, 0.3) is 0 Å². The summed E-state index contributed by atoms with van der Waals surface area (Å²) in [6, 6.07) is 9.50. The average molecular weight is 234 g/mol. The first-order chi connectivity index (χ1) is 8.31. The Bertz CT molecular complexity index is 361. The normalized spacial score (nSPS) is 23.7. The van der Waals surface area contributed by atoms with Gasteiger partial charge in [0, 0.05) is 6.42 Å². The molecule has 0 radical (unpaired) electrons. The number of hydrogen-bond donors (Lipinski definition) is 0. The zero-order valence-corrected chi connectivity index (χ0v) is 10.1. The van der Waals surface area contributed by atoms with Crippen LogP contribution in [0.3, 0.4) is 0 Å². The van der Waals surface area contributed by atoms with Gasteiger partial charge in [0.15, 0.2) is 6.10 Å². The lowest BCUT2D eigenvalue weighted by Crippen LogP contribution is -2.07. The van der Waals surface area contributed by atoms with Crippen molar-refractivity contribution >= 4 is 5.97 Å². The van der Waals surface area contributed by atoms with Crippen LogP contribution in [0.1, 0.15) is 44.3 Å². The molecule has 0 N–H and O–H groups in total. The molecule has 0 aromatic heterocycles. The minimum absolute atomic E-state index is 0.266. The molecule has 2 rings (SSSR count). The lowest BCUT2D eigenvalue weighted by Gasteiger charge is -2.09. The van der Waals surface area contributed by atoms with E-state index in [2.05, 4.69) is 6.92 Å². The van der Waals surface area contributed by atoms with Crippen molar-refractivity contribution < 1.29 is 14.3 Å². The van der Waals surface area contributed by atoms with Gasteiger partial charge in [-0.25, -0.2) is 4.79 Å². The molecule has 1 aliphatic heterocycles. The summed E-state index contributed by atoms with van der Waals surface area (Å²) < 4.78 is 10.8. The summed E-state index contributed by atoms with van der Waals surface area (Å²) in [7, 11) is 0. The van der Waals surface area contributed by atoms with Crippen LogP contribution in [0.5, 0.6) is 0 Å². The second kappa shape index (κ2) is 5.82. The van der Waals surface area contributed by atoms with Crippen LogP contribution < -0.4 is 0 Å². The Hall–Kier alpha value is -1.35. The molecule has 0 aliphatic carbocycles. The SMILES string of the molecule is CCCCC[C@@H]1OC(=O)[C@@H](c2ccccc2)O1. The first-order valence-corrected chi connectivity index (χ1v) is 6.22. The van der Waals surface area contributed by atoms with E-state index in [0.717, 1.165) is 31.2 Å². The molecule has 1 saturated heterocycles. The van der Waals surface area contributed by atoms with Crippen molar-refractivity contribution in [3.63, 3.8) is 0 Å². The fourth-order valence-corrected chi connectivity index (χ4v) is 1.96. The van der Waals surface area contributed by atoms with Crippen LogP contribution in [0.25, 0.3) is 0 Å². The van der Waals surface area contributed by atoms with Crippen molar-refractivity contribution in [3.05, 3.63) is 35.9 Å². The van der Waals surface area contributed by atoms with Crippen LogP contribution in [-0.4, -0.2) is 12.3 Å².